The molecule has 120 valence electrons. The first kappa shape index (κ1) is 14.8. The number of benzene rings is 1. The Hall–Kier alpha value is -1.82. The molecule has 0 radical (unpaired) electrons. The van der Waals surface area contributed by atoms with Crippen molar-refractivity contribution in [2.45, 2.75) is 37.1 Å². The van der Waals surface area contributed by atoms with Gasteiger partial charge in [0.15, 0.2) is 11.6 Å². The van der Waals surface area contributed by atoms with Gasteiger partial charge in [-0.05, 0) is 24.5 Å². The lowest BCUT2D eigenvalue weighted by Crippen LogP contribution is -2.42. The molecule has 4 rings (SSSR count). The van der Waals surface area contributed by atoms with Crippen molar-refractivity contribution < 1.29 is 14.6 Å². The molecule has 1 aromatic heterocycles. The van der Waals surface area contributed by atoms with Crippen LogP contribution in [-0.2, 0) is 15.1 Å². The minimum Gasteiger partial charge on any atom is -0.385 e. The minimum atomic E-state index is -0.809. The van der Waals surface area contributed by atoms with Crippen LogP contribution in [0.15, 0.2) is 42.7 Å². The Bertz CT molecular complexity index is 656. The van der Waals surface area contributed by atoms with E-state index in [-0.39, 0.29) is 0 Å². The van der Waals surface area contributed by atoms with E-state index in [2.05, 4.69) is 9.97 Å². The van der Waals surface area contributed by atoms with E-state index in [9.17, 15) is 5.11 Å². The number of nitrogens with zero attached hydrogens (tertiary/aromatic N) is 2. The lowest BCUT2D eigenvalue weighted by Gasteiger charge is -2.40. The second-order valence-corrected chi connectivity index (χ2v) is 6.29. The molecule has 0 bridgehead atoms. The predicted molar refractivity (Wildman–Crippen MR) is 84.5 cm³/mol. The quantitative estimate of drug-likeness (QED) is 0.923. The lowest BCUT2D eigenvalue weighted by atomic mass is 9.77. The fraction of sp³-hybridized carbons (Fsp3) is 0.444. The zero-order valence-electron chi connectivity index (χ0n) is 12.9. The molecule has 2 aliphatic rings. The summed E-state index contributed by atoms with van der Waals surface area (Å²) in [5.41, 5.74) is 1.08. The van der Waals surface area contributed by atoms with Crippen molar-refractivity contribution in [3.63, 3.8) is 0 Å². The zero-order valence-corrected chi connectivity index (χ0v) is 12.9. The second kappa shape index (κ2) is 5.67. The van der Waals surface area contributed by atoms with Gasteiger partial charge < -0.3 is 14.6 Å². The SMILES string of the molecule is OC1(c2ccc(-c3ncccn3)cc2)CCC2(CC1)OCCO2. The van der Waals surface area contributed by atoms with Crippen molar-refractivity contribution in [1.82, 2.24) is 9.97 Å². The summed E-state index contributed by atoms with van der Waals surface area (Å²) in [7, 11) is 0. The highest BCUT2D eigenvalue weighted by Gasteiger charge is 2.46. The Balaban J connectivity index is 1.52. The van der Waals surface area contributed by atoms with Gasteiger partial charge in [-0.1, -0.05) is 24.3 Å². The highest BCUT2D eigenvalue weighted by molar-refractivity contribution is 5.55. The molecule has 1 N–H and O–H groups in total. The highest BCUT2D eigenvalue weighted by atomic mass is 16.7. The fourth-order valence-corrected chi connectivity index (χ4v) is 3.50. The first-order valence-corrected chi connectivity index (χ1v) is 8.08. The van der Waals surface area contributed by atoms with Gasteiger partial charge in [0, 0.05) is 30.8 Å². The first-order chi connectivity index (χ1) is 11.2. The molecular formula is C18H20N2O3. The number of hydrogen-bond donors (Lipinski definition) is 1. The van der Waals surface area contributed by atoms with Crippen LogP contribution in [0.4, 0.5) is 0 Å². The molecule has 0 atom stereocenters. The number of rotatable bonds is 2. The van der Waals surface area contributed by atoms with Crippen LogP contribution in [-0.4, -0.2) is 34.1 Å². The van der Waals surface area contributed by atoms with E-state index in [1.54, 1.807) is 18.5 Å². The molecule has 1 aliphatic heterocycles. The Morgan fingerprint density at radius 3 is 2.09 bits per heavy atom. The molecule has 23 heavy (non-hydrogen) atoms. The molecule has 5 nitrogen and oxygen atoms in total. The lowest BCUT2D eigenvalue weighted by molar-refractivity contribution is -0.204. The largest absolute Gasteiger partial charge is 0.385 e. The van der Waals surface area contributed by atoms with Crippen LogP contribution in [0.2, 0.25) is 0 Å². The third-order valence-corrected chi connectivity index (χ3v) is 4.90. The molecule has 1 aliphatic carbocycles. The molecule has 1 saturated carbocycles. The predicted octanol–water partition coefficient (Wildman–Crippen LogP) is 2.65. The molecule has 1 saturated heterocycles. The number of hydrogen-bond acceptors (Lipinski definition) is 5. The summed E-state index contributed by atoms with van der Waals surface area (Å²) in [6, 6.07) is 9.68. The second-order valence-electron chi connectivity index (χ2n) is 6.29. The third kappa shape index (κ3) is 2.76. The van der Waals surface area contributed by atoms with E-state index in [0.29, 0.717) is 31.9 Å². The van der Waals surface area contributed by atoms with E-state index >= 15 is 0 Å². The molecule has 5 heteroatoms. The van der Waals surface area contributed by atoms with Crippen LogP contribution in [0.1, 0.15) is 31.2 Å². The zero-order chi connectivity index (χ0) is 15.8. The third-order valence-electron chi connectivity index (χ3n) is 4.90. The summed E-state index contributed by atoms with van der Waals surface area (Å²) in [6.45, 7) is 1.31. The Morgan fingerprint density at radius 1 is 0.870 bits per heavy atom. The van der Waals surface area contributed by atoms with Gasteiger partial charge in [-0.15, -0.1) is 0 Å². The van der Waals surface area contributed by atoms with Crippen LogP contribution < -0.4 is 0 Å². The van der Waals surface area contributed by atoms with E-state index in [0.717, 1.165) is 24.0 Å². The maximum atomic E-state index is 11.0. The van der Waals surface area contributed by atoms with E-state index in [1.807, 2.05) is 24.3 Å². The molecule has 1 aromatic carbocycles. The van der Waals surface area contributed by atoms with Crippen LogP contribution in [0, 0.1) is 0 Å². The summed E-state index contributed by atoms with van der Waals surface area (Å²) in [6.07, 6.45) is 6.21. The summed E-state index contributed by atoms with van der Waals surface area (Å²) in [5, 5.41) is 11.0. The smallest absolute Gasteiger partial charge is 0.168 e. The van der Waals surface area contributed by atoms with E-state index < -0.39 is 11.4 Å². The molecular weight excluding hydrogens is 292 g/mol. The van der Waals surface area contributed by atoms with Gasteiger partial charge in [0.25, 0.3) is 0 Å². The first-order valence-electron chi connectivity index (χ1n) is 8.08. The van der Waals surface area contributed by atoms with Gasteiger partial charge in [-0.3, -0.25) is 0 Å². The summed E-state index contributed by atoms with van der Waals surface area (Å²) in [5.74, 6) is 0.241. The van der Waals surface area contributed by atoms with Crippen molar-refractivity contribution in [3.8, 4) is 11.4 Å². The van der Waals surface area contributed by atoms with Crippen molar-refractivity contribution in [2.24, 2.45) is 0 Å². The minimum absolute atomic E-state index is 0.454. The van der Waals surface area contributed by atoms with Gasteiger partial charge in [0.05, 0.1) is 18.8 Å². The Labute approximate surface area is 135 Å². The number of ether oxygens (including phenoxy) is 2. The van der Waals surface area contributed by atoms with Crippen LogP contribution in [0.5, 0.6) is 0 Å². The molecule has 2 heterocycles. The Morgan fingerprint density at radius 2 is 1.48 bits per heavy atom. The average molecular weight is 312 g/mol. The van der Waals surface area contributed by atoms with Gasteiger partial charge in [-0.2, -0.15) is 0 Å². The van der Waals surface area contributed by atoms with Crippen molar-refractivity contribution in [3.05, 3.63) is 48.3 Å². The van der Waals surface area contributed by atoms with Crippen molar-refractivity contribution in [2.75, 3.05) is 13.2 Å². The van der Waals surface area contributed by atoms with Crippen LogP contribution in [0.3, 0.4) is 0 Å². The highest BCUT2D eigenvalue weighted by Crippen LogP contribution is 2.44. The normalized spacial score (nSPS) is 22.3. The molecule has 2 fully saturated rings. The molecule has 1 spiro atoms. The summed E-state index contributed by atoms with van der Waals surface area (Å²) >= 11 is 0. The van der Waals surface area contributed by atoms with E-state index in [1.165, 1.54) is 0 Å². The summed E-state index contributed by atoms with van der Waals surface area (Å²) in [4.78, 5) is 8.50. The van der Waals surface area contributed by atoms with Gasteiger partial charge in [0.1, 0.15) is 0 Å². The van der Waals surface area contributed by atoms with Gasteiger partial charge >= 0.3 is 0 Å². The molecule has 0 unspecified atom stereocenters. The van der Waals surface area contributed by atoms with Crippen LogP contribution >= 0.6 is 0 Å². The van der Waals surface area contributed by atoms with Gasteiger partial charge in [-0.25, -0.2) is 9.97 Å². The molecule has 0 amide bonds. The van der Waals surface area contributed by atoms with Gasteiger partial charge in [0.2, 0.25) is 0 Å². The van der Waals surface area contributed by atoms with E-state index in [4.69, 9.17) is 9.47 Å². The topological polar surface area (TPSA) is 64.5 Å². The summed E-state index contributed by atoms with van der Waals surface area (Å²) < 4.78 is 11.5. The maximum Gasteiger partial charge on any atom is 0.168 e. The maximum absolute atomic E-state index is 11.0. The fourth-order valence-electron chi connectivity index (χ4n) is 3.50. The van der Waals surface area contributed by atoms with Crippen LogP contribution in [0.25, 0.3) is 11.4 Å². The number of aliphatic hydroxyl groups is 1. The standard InChI is InChI=1S/C18H20N2O3/c21-17(6-8-18(9-7-17)22-12-13-23-18)15-4-2-14(3-5-15)16-19-10-1-11-20-16/h1-5,10-11,21H,6-9,12-13H2. The number of aromatic nitrogens is 2. The monoisotopic (exact) mass is 312 g/mol. The van der Waals surface area contributed by atoms with Crippen molar-refractivity contribution in [1.29, 1.82) is 0 Å². The molecule has 2 aromatic rings. The Kier molecular flexibility index (Phi) is 3.64. The van der Waals surface area contributed by atoms with Crippen molar-refractivity contribution >= 4 is 0 Å². The average Bonchev–Trinajstić information content (AvgIpc) is 3.08.